The zero-order chi connectivity index (χ0) is 56.2. The Morgan fingerprint density at radius 2 is 0.701 bits per heavy atom. The van der Waals surface area contributed by atoms with Crippen LogP contribution in [0.3, 0.4) is 0 Å². The molecule has 0 aliphatic heterocycles. The fourth-order valence-electron chi connectivity index (χ4n) is 7.81. The monoisotopic (exact) mass is 1070 g/mol. The van der Waals surface area contributed by atoms with Crippen LogP contribution in [0.2, 0.25) is 0 Å². The summed E-state index contributed by atoms with van der Waals surface area (Å²) in [6, 6.07) is 0. The molecule has 0 saturated heterocycles. The maximum atomic E-state index is 12.9. The highest BCUT2D eigenvalue weighted by Gasteiger charge is 2.25. The number of carboxylic acids is 1. The number of likely N-dealkylation sites (N-methyl/N-ethyl adjacent to an activating group) is 1. The molecule has 0 fully saturated rings. The van der Waals surface area contributed by atoms with Crippen molar-refractivity contribution in [3.8, 4) is 0 Å². The quantitative estimate of drug-likeness (QED) is 0.0211. The van der Waals surface area contributed by atoms with Gasteiger partial charge in [0, 0.05) is 12.8 Å². The van der Waals surface area contributed by atoms with Crippen molar-refractivity contribution >= 4 is 17.9 Å². The summed E-state index contributed by atoms with van der Waals surface area (Å²) in [4.78, 5) is 37.5. The molecule has 436 valence electrons. The molecule has 0 aliphatic carbocycles. The highest BCUT2D eigenvalue weighted by atomic mass is 16.7. The molecular weight excluding hydrogens is 959 g/mol. The Morgan fingerprint density at radius 1 is 0.390 bits per heavy atom. The number of hydrogen-bond donors (Lipinski definition) is 1. The third kappa shape index (κ3) is 58.9. The van der Waals surface area contributed by atoms with Crippen LogP contribution < -0.4 is 0 Å². The predicted molar refractivity (Wildman–Crippen MR) is 327 cm³/mol. The van der Waals surface area contributed by atoms with Crippen LogP contribution in [-0.2, 0) is 33.3 Å². The van der Waals surface area contributed by atoms with Crippen LogP contribution in [0, 0.1) is 0 Å². The molecule has 9 heteroatoms. The molecule has 0 aliphatic rings. The van der Waals surface area contributed by atoms with Crippen molar-refractivity contribution < 1.29 is 42.9 Å². The van der Waals surface area contributed by atoms with Gasteiger partial charge in [-0.15, -0.1) is 0 Å². The van der Waals surface area contributed by atoms with Gasteiger partial charge in [-0.05, 0) is 109 Å². The number of carbonyl (C=O) groups is 3. The standard InChI is InChI=1S/C68H111NO8/c1-6-8-10-12-14-16-18-20-22-24-26-28-30-32-33-35-37-39-41-43-45-47-49-51-53-55-57-59-66(71)77-64(63-76-68(67(72)73)74-61-60-69(3,4)5)62-75-65(70)58-56-54-52-50-48-46-44-42-40-38-36-34-31-29-27-25-23-21-19-17-15-13-11-9-7-2/h8-11,14-17,20-23,26-29,32-34,36-37,39,64,68H,6-7,12-13,18-19,24-25,30-31,35,38,40-63H2,1-5H3/p+1/b10-8-,11-9-,16-14-,17-15-,22-20-,23-21-,28-26-,29-27-,33-32-,36-34-,39-37-. The molecule has 0 amide bonds. The molecule has 0 radical (unpaired) electrons. The van der Waals surface area contributed by atoms with E-state index in [9.17, 15) is 19.5 Å². The smallest absolute Gasteiger partial charge is 0.361 e. The minimum absolute atomic E-state index is 0.177. The minimum Gasteiger partial charge on any atom is -0.477 e. The Labute approximate surface area is 471 Å². The lowest BCUT2D eigenvalue weighted by molar-refractivity contribution is -0.870. The van der Waals surface area contributed by atoms with Gasteiger partial charge in [-0.2, -0.15) is 0 Å². The molecule has 0 spiro atoms. The van der Waals surface area contributed by atoms with E-state index in [1.165, 1.54) is 57.8 Å². The molecule has 0 saturated carbocycles. The molecule has 9 nitrogen and oxygen atoms in total. The average molecular weight is 1070 g/mol. The maximum absolute atomic E-state index is 12.9. The fourth-order valence-corrected chi connectivity index (χ4v) is 7.81. The first kappa shape index (κ1) is 72.4. The molecule has 2 unspecified atom stereocenters. The lowest BCUT2D eigenvalue weighted by Crippen LogP contribution is -2.40. The first-order valence-electron chi connectivity index (χ1n) is 30.3. The number of ether oxygens (including phenoxy) is 4. The van der Waals surface area contributed by atoms with Gasteiger partial charge in [0.25, 0.3) is 6.29 Å². The lowest BCUT2D eigenvalue weighted by atomic mass is 10.1. The van der Waals surface area contributed by atoms with Gasteiger partial charge in [-0.25, -0.2) is 4.79 Å². The van der Waals surface area contributed by atoms with E-state index in [1.807, 2.05) is 21.1 Å². The predicted octanol–water partition coefficient (Wildman–Crippen LogP) is 18.2. The van der Waals surface area contributed by atoms with Crippen LogP contribution in [-0.4, -0.2) is 87.4 Å². The molecule has 0 rings (SSSR count). The van der Waals surface area contributed by atoms with Crippen molar-refractivity contribution in [3.05, 3.63) is 134 Å². The maximum Gasteiger partial charge on any atom is 0.361 e. The van der Waals surface area contributed by atoms with Gasteiger partial charge in [0.15, 0.2) is 6.10 Å². The van der Waals surface area contributed by atoms with Crippen LogP contribution in [0.25, 0.3) is 0 Å². The summed E-state index contributed by atoms with van der Waals surface area (Å²) in [5, 5.41) is 9.72. The molecule has 0 heterocycles. The number of nitrogens with zero attached hydrogens (tertiary/aromatic N) is 1. The number of hydrogen-bond acceptors (Lipinski definition) is 7. The molecule has 0 aromatic rings. The van der Waals surface area contributed by atoms with E-state index in [2.05, 4.69) is 148 Å². The zero-order valence-electron chi connectivity index (χ0n) is 49.6. The fraction of sp³-hybridized carbons (Fsp3) is 0.632. The van der Waals surface area contributed by atoms with E-state index in [4.69, 9.17) is 18.9 Å². The van der Waals surface area contributed by atoms with E-state index in [-0.39, 0.29) is 38.6 Å². The summed E-state index contributed by atoms with van der Waals surface area (Å²) in [5.41, 5.74) is 0. The molecule has 77 heavy (non-hydrogen) atoms. The number of unbranched alkanes of at least 4 members (excludes halogenated alkanes) is 17. The number of quaternary nitrogens is 1. The number of carboxylic acid groups (broad SMARTS) is 1. The Kier molecular flexibility index (Phi) is 54.2. The Bertz CT molecular complexity index is 1720. The first-order valence-corrected chi connectivity index (χ1v) is 30.3. The normalized spacial score (nSPS) is 13.7. The van der Waals surface area contributed by atoms with Gasteiger partial charge in [-0.3, -0.25) is 9.59 Å². The van der Waals surface area contributed by atoms with E-state index in [0.29, 0.717) is 17.4 Å². The van der Waals surface area contributed by atoms with Crippen LogP contribution in [0.5, 0.6) is 0 Å². The second-order valence-corrected chi connectivity index (χ2v) is 20.9. The van der Waals surface area contributed by atoms with E-state index < -0.39 is 24.3 Å². The van der Waals surface area contributed by atoms with Crippen LogP contribution >= 0.6 is 0 Å². The Morgan fingerprint density at radius 3 is 1.04 bits per heavy atom. The number of aliphatic carboxylic acids is 1. The van der Waals surface area contributed by atoms with Crippen molar-refractivity contribution in [1.29, 1.82) is 0 Å². The topological polar surface area (TPSA) is 108 Å². The van der Waals surface area contributed by atoms with Crippen LogP contribution in [0.4, 0.5) is 0 Å². The Balaban J connectivity index is 4.29. The van der Waals surface area contributed by atoms with E-state index in [0.717, 1.165) is 128 Å². The molecule has 0 aromatic carbocycles. The van der Waals surface area contributed by atoms with Crippen molar-refractivity contribution in [1.82, 2.24) is 0 Å². The lowest BCUT2D eigenvalue weighted by Gasteiger charge is -2.25. The van der Waals surface area contributed by atoms with Gasteiger partial charge in [0.05, 0.1) is 34.4 Å². The number of allylic oxidation sites excluding steroid dienone is 22. The summed E-state index contributed by atoms with van der Waals surface area (Å²) in [6.07, 6.45) is 79.5. The molecule has 0 bridgehead atoms. The highest BCUT2D eigenvalue weighted by Crippen LogP contribution is 2.15. The largest absolute Gasteiger partial charge is 0.477 e. The van der Waals surface area contributed by atoms with Crippen molar-refractivity contribution in [3.63, 3.8) is 0 Å². The Hall–Kier alpha value is -4.57. The summed E-state index contributed by atoms with van der Waals surface area (Å²) in [7, 11) is 5.96. The second-order valence-electron chi connectivity index (χ2n) is 20.9. The zero-order valence-corrected chi connectivity index (χ0v) is 49.6. The average Bonchev–Trinajstić information content (AvgIpc) is 3.40. The van der Waals surface area contributed by atoms with Crippen molar-refractivity contribution in [2.45, 2.75) is 232 Å². The molecular formula is C68H112NO8+. The summed E-state index contributed by atoms with van der Waals surface area (Å²) < 4.78 is 22.9. The molecule has 0 aromatic heterocycles. The van der Waals surface area contributed by atoms with Gasteiger partial charge in [0.1, 0.15) is 13.2 Å². The van der Waals surface area contributed by atoms with Crippen molar-refractivity contribution in [2.75, 3.05) is 47.5 Å². The molecule has 2 atom stereocenters. The van der Waals surface area contributed by atoms with Gasteiger partial charge >= 0.3 is 17.9 Å². The van der Waals surface area contributed by atoms with Crippen LogP contribution in [0.15, 0.2) is 134 Å². The number of rotatable bonds is 54. The summed E-state index contributed by atoms with van der Waals surface area (Å²) in [5.74, 6) is -2.04. The summed E-state index contributed by atoms with van der Waals surface area (Å²) >= 11 is 0. The minimum atomic E-state index is -1.52. The first-order chi connectivity index (χ1) is 37.6. The van der Waals surface area contributed by atoms with E-state index >= 15 is 0 Å². The molecule has 1 N–H and O–H groups in total. The highest BCUT2D eigenvalue weighted by molar-refractivity contribution is 5.71. The van der Waals surface area contributed by atoms with Gasteiger partial charge in [-0.1, -0.05) is 231 Å². The third-order valence-corrected chi connectivity index (χ3v) is 12.4. The number of esters is 2. The van der Waals surface area contributed by atoms with Gasteiger partial charge < -0.3 is 28.5 Å². The SMILES string of the molecule is CC/C=C\C/C=C\C/C=C\C/C=C\C/C=C\C/C=C\CCCCCCCCCCC(=O)OC(COC(=O)CCCCCCCCCCC/C=C\C/C=C\C/C=C\C/C=C\C/C=C\CC)COC(OCC[N+](C)(C)C)C(=O)O. The van der Waals surface area contributed by atoms with E-state index in [1.54, 1.807) is 0 Å². The van der Waals surface area contributed by atoms with Gasteiger partial charge in [0.2, 0.25) is 0 Å². The summed E-state index contributed by atoms with van der Waals surface area (Å²) in [6.45, 7) is 4.62. The third-order valence-electron chi connectivity index (χ3n) is 12.4. The second kappa shape index (κ2) is 57.6. The number of carbonyl (C=O) groups excluding carboxylic acids is 2. The van der Waals surface area contributed by atoms with Crippen molar-refractivity contribution in [2.24, 2.45) is 0 Å². The van der Waals surface area contributed by atoms with Crippen LogP contribution in [0.1, 0.15) is 219 Å².